The quantitative estimate of drug-likeness (QED) is 0.562. The molecule has 0 heterocycles. The van der Waals surface area contributed by atoms with E-state index in [1.54, 1.807) is 39.0 Å². The Hall–Kier alpha value is -3.55. The molecule has 2 aromatic carbocycles. The van der Waals surface area contributed by atoms with Crippen LogP contribution in [0.4, 0.5) is 16.2 Å². The fraction of sp³-hybridized carbons (Fsp3) is 0.318. The average molecular weight is 412 g/mol. The van der Waals surface area contributed by atoms with E-state index in [0.29, 0.717) is 5.69 Å². The maximum atomic E-state index is 12.3. The summed E-state index contributed by atoms with van der Waals surface area (Å²) in [7, 11) is 0. The van der Waals surface area contributed by atoms with E-state index < -0.39 is 23.5 Å². The molecule has 0 aliphatic rings. The van der Waals surface area contributed by atoms with Crippen LogP contribution in [0, 0.1) is 13.8 Å². The van der Waals surface area contributed by atoms with E-state index in [0.717, 1.165) is 16.8 Å². The van der Waals surface area contributed by atoms with Crippen LogP contribution in [0.15, 0.2) is 42.5 Å². The molecule has 0 aromatic heterocycles. The molecular formula is C22H28N4O4. The minimum atomic E-state index is -0.630. The number of carbonyl (C=O) groups is 3. The Bertz CT molecular complexity index is 935. The highest BCUT2D eigenvalue weighted by Crippen LogP contribution is 2.16. The highest BCUT2D eigenvalue weighted by molar-refractivity contribution is 5.97. The molecule has 0 aliphatic carbocycles. The van der Waals surface area contributed by atoms with Crippen molar-refractivity contribution in [2.45, 2.75) is 40.2 Å². The minimum Gasteiger partial charge on any atom is -0.444 e. The lowest BCUT2D eigenvalue weighted by Gasteiger charge is -2.19. The summed E-state index contributed by atoms with van der Waals surface area (Å²) in [6.07, 6.45) is -0.620. The Labute approximate surface area is 176 Å². The van der Waals surface area contributed by atoms with Crippen molar-refractivity contribution in [1.29, 1.82) is 0 Å². The predicted molar refractivity (Wildman–Crippen MR) is 116 cm³/mol. The second kappa shape index (κ2) is 9.78. The van der Waals surface area contributed by atoms with Crippen molar-refractivity contribution in [1.82, 2.24) is 10.9 Å². The van der Waals surface area contributed by atoms with Gasteiger partial charge in [-0.25, -0.2) is 4.79 Å². The Kier molecular flexibility index (Phi) is 7.41. The number of hydrogen-bond acceptors (Lipinski definition) is 5. The van der Waals surface area contributed by atoms with Gasteiger partial charge < -0.3 is 10.1 Å². The highest BCUT2D eigenvalue weighted by Gasteiger charge is 2.16. The summed E-state index contributed by atoms with van der Waals surface area (Å²) in [5.41, 5.74) is 7.77. The topological polar surface area (TPSA) is 109 Å². The van der Waals surface area contributed by atoms with E-state index in [2.05, 4.69) is 21.5 Å². The van der Waals surface area contributed by atoms with Crippen LogP contribution >= 0.6 is 0 Å². The van der Waals surface area contributed by atoms with Crippen molar-refractivity contribution in [2.24, 2.45) is 0 Å². The monoisotopic (exact) mass is 412 g/mol. The summed E-state index contributed by atoms with van der Waals surface area (Å²) in [5, 5.41) is 5.60. The van der Waals surface area contributed by atoms with Gasteiger partial charge in [0.05, 0.1) is 6.54 Å². The summed E-state index contributed by atoms with van der Waals surface area (Å²) in [6, 6.07) is 12.2. The molecule has 2 aromatic rings. The van der Waals surface area contributed by atoms with Crippen LogP contribution in [0.25, 0.3) is 0 Å². The van der Waals surface area contributed by atoms with Gasteiger partial charge in [-0.3, -0.25) is 25.8 Å². The average Bonchev–Trinajstić information content (AvgIpc) is 2.64. The molecule has 0 spiro atoms. The van der Waals surface area contributed by atoms with E-state index in [4.69, 9.17) is 4.74 Å². The normalized spacial score (nSPS) is 10.7. The molecule has 0 bridgehead atoms. The van der Waals surface area contributed by atoms with Gasteiger partial charge in [-0.05, 0) is 64.4 Å². The van der Waals surface area contributed by atoms with Crippen molar-refractivity contribution in [3.05, 3.63) is 59.2 Å². The minimum absolute atomic E-state index is 0.00439. The number of rotatable bonds is 5. The van der Waals surface area contributed by atoms with Gasteiger partial charge in [0.2, 0.25) is 0 Å². The second-order valence-electron chi connectivity index (χ2n) is 7.88. The maximum Gasteiger partial charge on any atom is 0.412 e. The number of aryl methyl sites for hydroxylation is 2. The molecule has 0 saturated carbocycles. The zero-order chi connectivity index (χ0) is 22.3. The summed E-state index contributed by atoms with van der Waals surface area (Å²) in [4.78, 5) is 36.2. The van der Waals surface area contributed by atoms with Gasteiger partial charge >= 0.3 is 6.09 Å². The van der Waals surface area contributed by atoms with Gasteiger partial charge in [0.15, 0.2) is 0 Å². The molecule has 0 aliphatic heterocycles. The highest BCUT2D eigenvalue weighted by atomic mass is 16.6. The summed E-state index contributed by atoms with van der Waals surface area (Å²) in [6.45, 7) is 9.23. The fourth-order valence-corrected chi connectivity index (χ4v) is 2.59. The van der Waals surface area contributed by atoms with Crippen LogP contribution in [0.5, 0.6) is 0 Å². The number of carbonyl (C=O) groups excluding carboxylic acids is 3. The van der Waals surface area contributed by atoms with Gasteiger partial charge in [0.1, 0.15) is 5.60 Å². The predicted octanol–water partition coefficient (Wildman–Crippen LogP) is 3.52. The Balaban J connectivity index is 1.85. The third kappa shape index (κ3) is 7.46. The second-order valence-corrected chi connectivity index (χ2v) is 7.88. The van der Waals surface area contributed by atoms with Crippen molar-refractivity contribution >= 4 is 29.3 Å². The number of hydrogen-bond donors (Lipinski definition) is 4. The van der Waals surface area contributed by atoms with Crippen LogP contribution in [-0.4, -0.2) is 30.1 Å². The van der Waals surface area contributed by atoms with Crippen molar-refractivity contribution < 1.29 is 19.1 Å². The van der Waals surface area contributed by atoms with E-state index in [1.807, 2.05) is 32.0 Å². The smallest absolute Gasteiger partial charge is 0.412 e. The number of anilines is 2. The maximum absolute atomic E-state index is 12.3. The number of nitrogens with one attached hydrogen (secondary N) is 4. The van der Waals surface area contributed by atoms with Gasteiger partial charge in [-0.1, -0.05) is 23.8 Å². The zero-order valence-electron chi connectivity index (χ0n) is 17.9. The van der Waals surface area contributed by atoms with Crippen molar-refractivity contribution in [3.63, 3.8) is 0 Å². The third-order valence-corrected chi connectivity index (χ3v) is 3.91. The summed E-state index contributed by atoms with van der Waals surface area (Å²) in [5.74, 6) is -0.908. The summed E-state index contributed by atoms with van der Waals surface area (Å²) < 4.78 is 5.18. The molecule has 160 valence electrons. The molecular weight excluding hydrogens is 384 g/mol. The molecule has 3 amide bonds. The van der Waals surface area contributed by atoms with Gasteiger partial charge in [0, 0.05) is 16.9 Å². The molecule has 0 fully saturated rings. The Morgan fingerprint density at radius 2 is 1.70 bits per heavy atom. The van der Waals surface area contributed by atoms with Gasteiger partial charge in [-0.15, -0.1) is 0 Å². The number of hydrazine groups is 1. The molecule has 8 nitrogen and oxygen atoms in total. The van der Waals surface area contributed by atoms with Crippen LogP contribution in [0.2, 0.25) is 0 Å². The van der Waals surface area contributed by atoms with E-state index in [1.165, 1.54) is 6.07 Å². The lowest BCUT2D eigenvalue weighted by molar-refractivity contribution is -0.120. The molecule has 4 N–H and O–H groups in total. The van der Waals surface area contributed by atoms with Crippen LogP contribution in [0.1, 0.15) is 42.3 Å². The molecule has 0 saturated heterocycles. The first-order chi connectivity index (χ1) is 14.0. The van der Waals surface area contributed by atoms with E-state index in [-0.39, 0.29) is 12.1 Å². The number of ether oxygens (including phenoxy) is 1. The van der Waals surface area contributed by atoms with E-state index in [9.17, 15) is 14.4 Å². The fourth-order valence-electron chi connectivity index (χ4n) is 2.59. The van der Waals surface area contributed by atoms with Crippen molar-refractivity contribution in [2.75, 3.05) is 17.2 Å². The van der Waals surface area contributed by atoms with Gasteiger partial charge in [0.25, 0.3) is 11.8 Å². The first kappa shape index (κ1) is 22.7. The number of benzene rings is 2. The molecule has 0 unspecified atom stereocenters. The van der Waals surface area contributed by atoms with Crippen LogP contribution < -0.4 is 21.5 Å². The lowest BCUT2D eigenvalue weighted by atomic mass is 10.1. The molecule has 8 heteroatoms. The van der Waals surface area contributed by atoms with Gasteiger partial charge in [-0.2, -0.15) is 0 Å². The third-order valence-electron chi connectivity index (χ3n) is 3.91. The van der Waals surface area contributed by atoms with Crippen molar-refractivity contribution in [3.8, 4) is 0 Å². The zero-order valence-corrected chi connectivity index (χ0v) is 17.9. The Morgan fingerprint density at radius 3 is 2.37 bits per heavy atom. The van der Waals surface area contributed by atoms with Crippen LogP contribution in [-0.2, 0) is 9.53 Å². The molecule has 30 heavy (non-hydrogen) atoms. The SMILES string of the molecule is Cc1ccc(NCC(=O)NNC(=O)c2cccc(NC(=O)OC(C)(C)C)c2)c(C)c1. The molecule has 2 rings (SSSR count). The largest absolute Gasteiger partial charge is 0.444 e. The standard InChI is InChI=1S/C22H28N4O4/c1-14-9-10-18(15(2)11-14)23-13-19(27)25-26-20(28)16-7-6-8-17(12-16)24-21(29)30-22(3,4)5/h6-12,23H,13H2,1-5H3,(H,24,29)(H,25,27)(H,26,28). The molecule has 0 radical (unpaired) electrons. The first-order valence-corrected chi connectivity index (χ1v) is 9.54. The first-order valence-electron chi connectivity index (χ1n) is 9.54. The molecule has 0 atom stereocenters. The van der Waals surface area contributed by atoms with E-state index >= 15 is 0 Å². The number of amides is 3. The lowest BCUT2D eigenvalue weighted by Crippen LogP contribution is -2.44. The summed E-state index contributed by atoms with van der Waals surface area (Å²) >= 11 is 0. The van der Waals surface area contributed by atoms with Crippen LogP contribution in [0.3, 0.4) is 0 Å². The Morgan fingerprint density at radius 1 is 0.967 bits per heavy atom.